The molecule has 0 aliphatic rings. The Kier molecular flexibility index (Phi) is 7.89. The standard InChI is InChI=1S/C19H25ClN2O2/c1-21-10-3-11-22-13-16-6-9-18(19(12-16)23-2)24-14-15-4-7-17(20)8-5-15/h4-9,12,21-22H,3,10-11,13-14H2,1-2H3. The Bertz CT molecular complexity index is 617. The van der Waals surface area contributed by atoms with E-state index >= 15 is 0 Å². The van der Waals surface area contributed by atoms with E-state index in [4.69, 9.17) is 21.1 Å². The smallest absolute Gasteiger partial charge is 0.161 e. The van der Waals surface area contributed by atoms with Crippen molar-refractivity contribution in [3.8, 4) is 11.5 Å². The molecule has 0 atom stereocenters. The summed E-state index contributed by atoms with van der Waals surface area (Å²) in [5, 5.41) is 7.29. The Morgan fingerprint density at radius 2 is 1.71 bits per heavy atom. The number of hydrogen-bond donors (Lipinski definition) is 2. The summed E-state index contributed by atoms with van der Waals surface area (Å²) in [4.78, 5) is 0. The van der Waals surface area contributed by atoms with E-state index in [-0.39, 0.29) is 0 Å². The van der Waals surface area contributed by atoms with Crippen molar-refractivity contribution in [2.45, 2.75) is 19.6 Å². The topological polar surface area (TPSA) is 42.5 Å². The summed E-state index contributed by atoms with van der Waals surface area (Å²) in [5.41, 5.74) is 2.24. The van der Waals surface area contributed by atoms with Crippen LogP contribution in [0.25, 0.3) is 0 Å². The third kappa shape index (κ3) is 6.04. The lowest BCUT2D eigenvalue weighted by molar-refractivity contribution is 0.284. The van der Waals surface area contributed by atoms with Gasteiger partial charge in [0.25, 0.3) is 0 Å². The molecule has 0 unspecified atom stereocenters. The summed E-state index contributed by atoms with van der Waals surface area (Å²) in [6, 6.07) is 13.7. The normalized spacial score (nSPS) is 10.6. The van der Waals surface area contributed by atoms with Gasteiger partial charge in [0.2, 0.25) is 0 Å². The SMILES string of the molecule is CNCCCNCc1ccc(OCc2ccc(Cl)cc2)c(OC)c1. The highest BCUT2D eigenvalue weighted by atomic mass is 35.5. The predicted molar refractivity (Wildman–Crippen MR) is 99.0 cm³/mol. The Morgan fingerprint density at radius 1 is 0.958 bits per heavy atom. The molecule has 0 fully saturated rings. The van der Waals surface area contributed by atoms with E-state index in [1.54, 1.807) is 7.11 Å². The molecular weight excluding hydrogens is 324 g/mol. The Labute approximate surface area is 149 Å². The van der Waals surface area contributed by atoms with E-state index in [0.29, 0.717) is 6.61 Å². The maximum atomic E-state index is 5.89. The van der Waals surface area contributed by atoms with Crippen LogP contribution in [-0.2, 0) is 13.2 Å². The van der Waals surface area contributed by atoms with Gasteiger partial charge in [0, 0.05) is 11.6 Å². The minimum atomic E-state index is 0.481. The van der Waals surface area contributed by atoms with E-state index in [1.165, 1.54) is 5.56 Å². The van der Waals surface area contributed by atoms with Crippen molar-refractivity contribution in [2.24, 2.45) is 0 Å². The first-order valence-electron chi connectivity index (χ1n) is 8.12. The van der Waals surface area contributed by atoms with Crippen LogP contribution in [0.1, 0.15) is 17.5 Å². The zero-order chi connectivity index (χ0) is 17.2. The fraction of sp³-hybridized carbons (Fsp3) is 0.368. The molecule has 0 aliphatic carbocycles. The number of halogens is 1. The van der Waals surface area contributed by atoms with Gasteiger partial charge in [-0.1, -0.05) is 29.8 Å². The lowest BCUT2D eigenvalue weighted by Crippen LogP contribution is -2.19. The molecule has 0 radical (unpaired) electrons. The van der Waals surface area contributed by atoms with Gasteiger partial charge in [-0.25, -0.2) is 0 Å². The summed E-state index contributed by atoms with van der Waals surface area (Å²) in [6.45, 7) is 3.30. The number of rotatable bonds is 10. The molecular formula is C19H25ClN2O2. The molecule has 0 amide bonds. The molecule has 2 aromatic carbocycles. The van der Waals surface area contributed by atoms with E-state index < -0.39 is 0 Å². The summed E-state index contributed by atoms with van der Waals surface area (Å²) in [6.07, 6.45) is 1.11. The van der Waals surface area contributed by atoms with Gasteiger partial charge in [-0.15, -0.1) is 0 Å². The summed E-state index contributed by atoms with van der Waals surface area (Å²) < 4.78 is 11.3. The van der Waals surface area contributed by atoms with Gasteiger partial charge < -0.3 is 20.1 Å². The van der Waals surface area contributed by atoms with Crippen molar-refractivity contribution >= 4 is 11.6 Å². The number of ether oxygens (including phenoxy) is 2. The fourth-order valence-electron chi connectivity index (χ4n) is 2.31. The van der Waals surface area contributed by atoms with Crippen LogP contribution in [0.4, 0.5) is 0 Å². The van der Waals surface area contributed by atoms with Gasteiger partial charge >= 0.3 is 0 Å². The second-order valence-electron chi connectivity index (χ2n) is 5.53. The zero-order valence-corrected chi connectivity index (χ0v) is 15.0. The Hall–Kier alpha value is -1.75. The first kappa shape index (κ1) is 18.6. The van der Waals surface area contributed by atoms with Crippen LogP contribution in [0, 0.1) is 0 Å². The van der Waals surface area contributed by atoms with Crippen LogP contribution in [0.2, 0.25) is 5.02 Å². The van der Waals surface area contributed by atoms with Crippen molar-refractivity contribution in [3.63, 3.8) is 0 Å². The van der Waals surface area contributed by atoms with Crippen molar-refractivity contribution in [1.29, 1.82) is 0 Å². The predicted octanol–water partition coefficient (Wildman–Crippen LogP) is 3.63. The third-order valence-corrected chi connectivity index (χ3v) is 3.90. The molecule has 4 nitrogen and oxygen atoms in total. The lowest BCUT2D eigenvalue weighted by Gasteiger charge is -2.13. The zero-order valence-electron chi connectivity index (χ0n) is 14.3. The molecule has 0 saturated heterocycles. The molecule has 0 saturated carbocycles. The highest BCUT2D eigenvalue weighted by molar-refractivity contribution is 6.30. The quantitative estimate of drug-likeness (QED) is 0.643. The molecule has 5 heteroatoms. The van der Waals surface area contributed by atoms with Crippen molar-refractivity contribution in [3.05, 3.63) is 58.6 Å². The van der Waals surface area contributed by atoms with Gasteiger partial charge in [0.15, 0.2) is 11.5 Å². The van der Waals surface area contributed by atoms with Gasteiger partial charge in [0.1, 0.15) is 6.61 Å². The fourth-order valence-corrected chi connectivity index (χ4v) is 2.43. The minimum Gasteiger partial charge on any atom is -0.493 e. The van der Waals surface area contributed by atoms with Gasteiger partial charge in [-0.2, -0.15) is 0 Å². The molecule has 0 heterocycles. The van der Waals surface area contributed by atoms with Crippen LogP contribution < -0.4 is 20.1 Å². The average molecular weight is 349 g/mol. The van der Waals surface area contributed by atoms with Crippen molar-refractivity contribution < 1.29 is 9.47 Å². The minimum absolute atomic E-state index is 0.481. The molecule has 0 bridgehead atoms. The molecule has 2 rings (SSSR count). The maximum absolute atomic E-state index is 5.89. The maximum Gasteiger partial charge on any atom is 0.161 e. The lowest BCUT2D eigenvalue weighted by atomic mass is 10.2. The van der Waals surface area contributed by atoms with Crippen molar-refractivity contribution in [1.82, 2.24) is 10.6 Å². The molecule has 2 aromatic rings. The monoisotopic (exact) mass is 348 g/mol. The van der Waals surface area contributed by atoms with Crippen LogP contribution in [0.3, 0.4) is 0 Å². The first-order valence-corrected chi connectivity index (χ1v) is 8.50. The Morgan fingerprint density at radius 3 is 2.42 bits per heavy atom. The molecule has 130 valence electrons. The Balaban J connectivity index is 1.89. The van der Waals surface area contributed by atoms with Gasteiger partial charge in [-0.05, 0) is 62.0 Å². The van der Waals surface area contributed by atoms with Crippen LogP contribution in [0.15, 0.2) is 42.5 Å². The van der Waals surface area contributed by atoms with Gasteiger partial charge in [-0.3, -0.25) is 0 Å². The molecule has 0 spiro atoms. The van der Waals surface area contributed by atoms with E-state index in [1.807, 2.05) is 43.4 Å². The third-order valence-electron chi connectivity index (χ3n) is 3.65. The van der Waals surface area contributed by atoms with Crippen LogP contribution >= 0.6 is 11.6 Å². The average Bonchev–Trinajstić information content (AvgIpc) is 2.61. The number of hydrogen-bond acceptors (Lipinski definition) is 4. The molecule has 2 N–H and O–H groups in total. The highest BCUT2D eigenvalue weighted by Crippen LogP contribution is 2.29. The van der Waals surface area contributed by atoms with Crippen molar-refractivity contribution in [2.75, 3.05) is 27.2 Å². The van der Waals surface area contributed by atoms with Gasteiger partial charge in [0.05, 0.1) is 7.11 Å². The summed E-state index contributed by atoms with van der Waals surface area (Å²) in [7, 11) is 3.63. The molecule has 0 aromatic heterocycles. The second-order valence-corrected chi connectivity index (χ2v) is 5.97. The number of benzene rings is 2. The van der Waals surface area contributed by atoms with E-state index in [9.17, 15) is 0 Å². The first-order chi connectivity index (χ1) is 11.7. The number of nitrogens with one attached hydrogen (secondary N) is 2. The van der Waals surface area contributed by atoms with E-state index in [2.05, 4.69) is 16.7 Å². The largest absolute Gasteiger partial charge is 0.493 e. The summed E-state index contributed by atoms with van der Waals surface area (Å²) >= 11 is 5.89. The van der Waals surface area contributed by atoms with Crippen LogP contribution in [0.5, 0.6) is 11.5 Å². The highest BCUT2D eigenvalue weighted by Gasteiger charge is 2.06. The van der Waals surface area contributed by atoms with Crippen LogP contribution in [-0.4, -0.2) is 27.2 Å². The number of methoxy groups -OCH3 is 1. The summed E-state index contributed by atoms with van der Waals surface area (Å²) in [5.74, 6) is 1.49. The molecule has 0 aliphatic heterocycles. The second kappa shape index (κ2) is 10.2. The molecule has 24 heavy (non-hydrogen) atoms. The van der Waals surface area contributed by atoms with E-state index in [0.717, 1.165) is 48.1 Å².